The maximum atomic E-state index is 12.9. The van der Waals surface area contributed by atoms with Crippen molar-refractivity contribution in [1.82, 2.24) is 0 Å². The zero-order valence-electron chi connectivity index (χ0n) is 17.5. The number of nitro groups is 1. The van der Waals surface area contributed by atoms with E-state index in [1.54, 1.807) is 12.1 Å². The number of allylic oxidation sites excluding steroid dienone is 2. The van der Waals surface area contributed by atoms with Crippen molar-refractivity contribution in [3.63, 3.8) is 0 Å². The lowest BCUT2D eigenvalue weighted by Crippen LogP contribution is -2.31. The first-order valence-electron chi connectivity index (χ1n) is 10.9. The number of nitro benzene ring substituents is 1. The van der Waals surface area contributed by atoms with Crippen LogP contribution in [0.1, 0.15) is 24.8 Å². The Labute approximate surface area is 185 Å². The molecule has 2 aromatic carbocycles. The van der Waals surface area contributed by atoms with Gasteiger partial charge in [-0.2, -0.15) is 0 Å². The number of carbonyl (C=O) groups excluding carboxylic acids is 2. The Morgan fingerprint density at radius 2 is 1.62 bits per heavy atom. The number of anilines is 2. The highest BCUT2D eigenvalue weighted by Crippen LogP contribution is 2.40. The molecule has 0 spiro atoms. The summed E-state index contributed by atoms with van der Waals surface area (Å²) in [6, 6.07) is 14.8. The number of fused-ring (bicyclic) bond motifs is 1. The van der Waals surface area contributed by atoms with Gasteiger partial charge in [-0.05, 0) is 42.5 Å². The molecule has 1 aliphatic carbocycles. The molecule has 162 valence electrons. The third-order valence-corrected chi connectivity index (χ3v) is 6.62. The van der Waals surface area contributed by atoms with Gasteiger partial charge in [-0.3, -0.25) is 19.7 Å². The SMILES string of the molecule is O=C1C2CC=CCC2C(=O)N1c1ccc(N2CC=C(c3ccccc3)CC2)c([N+](=O)[O-])c1. The summed E-state index contributed by atoms with van der Waals surface area (Å²) in [7, 11) is 0. The van der Waals surface area contributed by atoms with Gasteiger partial charge in [-0.15, -0.1) is 0 Å². The van der Waals surface area contributed by atoms with Gasteiger partial charge < -0.3 is 4.90 Å². The molecule has 32 heavy (non-hydrogen) atoms. The van der Waals surface area contributed by atoms with Gasteiger partial charge in [-0.25, -0.2) is 4.90 Å². The average molecular weight is 429 g/mol. The van der Waals surface area contributed by atoms with Crippen molar-refractivity contribution in [3.8, 4) is 0 Å². The Balaban J connectivity index is 1.42. The molecule has 0 N–H and O–H groups in total. The first-order valence-corrected chi connectivity index (χ1v) is 10.9. The van der Waals surface area contributed by atoms with E-state index in [4.69, 9.17) is 0 Å². The van der Waals surface area contributed by atoms with Gasteiger partial charge in [0.2, 0.25) is 11.8 Å². The van der Waals surface area contributed by atoms with Crippen LogP contribution in [0.15, 0.2) is 66.8 Å². The second-order valence-corrected chi connectivity index (χ2v) is 8.39. The minimum atomic E-state index is -0.436. The number of imide groups is 1. The van der Waals surface area contributed by atoms with Crippen molar-refractivity contribution >= 4 is 34.4 Å². The number of hydrogen-bond donors (Lipinski definition) is 0. The quantitative estimate of drug-likeness (QED) is 0.312. The number of amides is 2. The van der Waals surface area contributed by atoms with E-state index in [0.29, 0.717) is 31.6 Å². The molecule has 0 saturated carbocycles. The van der Waals surface area contributed by atoms with E-state index in [1.807, 2.05) is 35.3 Å². The molecule has 1 fully saturated rings. The molecule has 2 aliphatic heterocycles. The molecule has 2 heterocycles. The van der Waals surface area contributed by atoms with Crippen molar-refractivity contribution in [2.45, 2.75) is 19.3 Å². The van der Waals surface area contributed by atoms with Crippen LogP contribution in [-0.2, 0) is 9.59 Å². The Morgan fingerprint density at radius 3 is 2.22 bits per heavy atom. The van der Waals surface area contributed by atoms with Crippen molar-refractivity contribution < 1.29 is 14.5 Å². The lowest BCUT2D eigenvalue weighted by molar-refractivity contribution is -0.384. The first kappa shape index (κ1) is 20.2. The molecule has 1 saturated heterocycles. The molecule has 5 rings (SSSR count). The molecule has 0 radical (unpaired) electrons. The summed E-state index contributed by atoms with van der Waals surface area (Å²) in [5.74, 6) is -1.26. The Bertz CT molecular complexity index is 1130. The molecule has 2 aromatic rings. The summed E-state index contributed by atoms with van der Waals surface area (Å²) in [6.45, 7) is 1.21. The van der Waals surface area contributed by atoms with E-state index < -0.39 is 4.92 Å². The van der Waals surface area contributed by atoms with Gasteiger partial charge in [0, 0.05) is 19.2 Å². The molecule has 2 amide bonds. The minimum Gasteiger partial charge on any atom is -0.362 e. The highest BCUT2D eigenvalue weighted by atomic mass is 16.6. The van der Waals surface area contributed by atoms with E-state index in [9.17, 15) is 19.7 Å². The van der Waals surface area contributed by atoms with E-state index >= 15 is 0 Å². The van der Waals surface area contributed by atoms with Crippen molar-refractivity contribution in [2.75, 3.05) is 22.9 Å². The van der Waals surface area contributed by atoms with Gasteiger partial charge in [0.05, 0.1) is 22.4 Å². The molecule has 3 aliphatic rings. The topological polar surface area (TPSA) is 83.8 Å². The van der Waals surface area contributed by atoms with E-state index in [-0.39, 0.29) is 35.0 Å². The van der Waals surface area contributed by atoms with E-state index in [1.165, 1.54) is 17.2 Å². The normalized spacial score (nSPS) is 22.7. The number of rotatable bonds is 4. The van der Waals surface area contributed by atoms with Crippen LogP contribution >= 0.6 is 0 Å². The number of benzene rings is 2. The highest BCUT2D eigenvalue weighted by Gasteiger charge is 2.48. The second kappa shape index (κ2) is 8.07. The summed E-state index contributed by atoms with van der Waals surface area (Å²) >= 11 is 0. The van der Waals surface area contributed by atoms with Crippen LogP contribution in [0.5, 0.6) is 0 Å². The largest absolute Gasteiger partial charge is 0.362 e. The van der Waals surface area contributed by atoms with E-state index in [2.05, 4.69) is 18.2 Å². The molecular weight excluding hydrogens is 406 g/mol. The molecule has 7 nitrogen and oxygen atoms in total. The van der Waals surface area contributed by atoms with Gasteiger partial charge in [0.15, 0.2) is 0 Å². The molecule has 0 aromatic heterocycles. The predicted molar refractivity (Wildman–Crippen MR) is 122 cm³/mol. The minimum absolute atomic E-state index is 0.0901. The van der Waals surface area contributed by atoms with Gasteiger partial charge >= 0.3 is 0 Å². The van der Waals surface area contributed by atoms with Crippen LogP contribution in [0.2, 0.25) is 0 Å². The monoisotopic (exact) mass is 429 g/mol. The average Bonchev–Trinajstić information content (AvgIpc) is 3.09. The van der Waals surface area contributed by atoms with Crippen LogP contribution in [0.25, 0.3) is 5.57 Å². The zero-order valence-corrected chi connectivity index (χ0v) is 17.5. The molecular formula is C25H23N3O4. The van der Waals surface area contributed by atoms with Crippen LogP contribution in [0.4, 0.5) is 17.1 Å². The Morgan fingerprint density at radius 1 is 0.938 bits per heavy atom. The predicted octanol–water partition coefficient (Wildman–Crippen LogP) is 4.34. The number of carbonyl (C=O) groups is 2. The zero-order chi connectivity index (χ0) is 22.2. The third-order valence-electron chi connectivity index (χ3n) is 6.62. The Hall–Kier alpha value is -3.74. The number of hydrogen-bond acceptors (Lipinski definition) is 5. The molecule has 0 bridgehead atoms. The van der Waals surface area contributed by atoms with Crippen LogP contribution in [-0.4, -0.2) is 29.8 Å². The summed E-state index contributed by atoms with van der Waals surface area (Å²) < 4.78 is 0. The standard InChI is InChI=1S/C25H23N3O4/c29-24-20-8-4-5-9-21(20)25(30)27(24)19-10-11-22(23(16-19)28(31)32)26-14-12-18(13-15-26)17-6-2-1-3-7-17/h1-7,10-12,16,20-21H,8-9,13-15H2. The summed E-state index contributed by atoms with van der Waals surface area (Å²) in [5, 5.41) is 11.9. The summed E-state index contributed by atoms with van der Waals surface area (Å²) in [4.78, 5) is 40.3. The fraction of sp³-hybridized carbons (Fsp3) is 0.280. The lowest BCUT2D eigenvalue weighted by Gasteiger charge is -2.28. The Kier molecular flexibility index (Phi) is 5.09. The lowest BCUT2D eigenvalue weighted by atomic mass is 9.85. The van der Waals surface area contributed by atoms with Crippen LogP contribution < -0.4 is 9.80 Å². The molecule has 2 unspecified atom stereocenters. The second-order valence-electron chi connectivity index (χ2n) is 8.39. The van der Waals surface area contributed by atoms with E-state index in [0.717, 1.165) is 11.3 Å². The molecule has 2 atom stereocenters. The smallest absolute Gasteiger partial charge is 0.294 e. The maximum Gasteiger partial charge on any atom is 0.294 e. The van der Waals surface area contributed by atoms with Crippen molar-refractivity contribution in [2.24, 2.45) is 11.8 Å². The maximum absolute atomic E-state index is 12.9. The van der Waals surface area contributed by atoms with Crippen LogP contribution in [0.3, 0.4) is 0 Å². The summed E-state index contributed by atoms with van der Waals surface area (Å²) in [6.07, 6.45) is 7.81. The fourth-order valence-corrected chi connectivity index (χ4v) is 4.92. The van der Waals surface area contributed by atoms with Gasteiger partial charge in [-0.1, -0.05) is 48.6 Å². The van der Waals surface area contributed by atoms with Crippen LogP contribution in [0, 0.1) is 22.0 Å². The van der Waals surface area contributed by atoms with Gasteiger partial charge in [0.1, 0.15) is 5.69 Å². The van der Waals surface area contributed by atoms with Crippen molar-refractivity contribution in [3.05, 3.63) is 82.4 Å². The number of nitrogens with zero attached hydrogens (tertiary/aromatic N) is 3. The van der Waals surface area contributed by atoms with Gasteiger partial charge in [0.25, 0.3) is 5.69 Å². The molecule has 7 heteroatoms. The highest BCUT2D eigenvalue weighted by molar-refractivity contribution is 6.22. The first-order chi connectivity index (χ1) is 15.5. The third kappa shape index (κ3) is 3.39. The summed E-state index contributed by atoms with van der Waals surface area (Å²) in [5.41, 5.74) is 3.08. The fourth-order valence-electron chi connectivity index (χ4n) is 4.92. The van der Waals surface area contributed by atoms with Crippen molar-refractivity contribution in [1.29, 1.82) is 0 Å².